The molecule has 0 saturated heterocycles. The Balaban J connectivity index is 2.38. The lowest BCUT2D eigenvalue weighted by Gasteiger charge is -2.04. The van der Waals surface area contributed by atoms with Crippen LogP contribution in [-0.4, -0.2) is 5.78 Å². The van der Waals surface area contributed by atoms with Gasteiger partial charge in [-0.25, -0.2) is 22.0 Å². The summed E-state index contributed by atoms with van der Waals surface area (Å²) in [6.07, 6.45) is 1.24. The van der Waals surface area contributed by atoms with Crippen LogP contribution in [0.15, 0.2) is 30.3 Å². The maximum atomic E-state index is 13.4. The Labute approximate surface area is 126 Å². The third-order valence-electron chi connectivity index (χ3n) is 2.77. The normalized spacial score (nSPS) is 11.2. The van der Waals surface area contributed by atoms with Gasteiger partial charge in [0.15, 0.2) is 29.1 Å². The summed E-state index contributed by atoms with van der Waals surface area (Å²) in [6, 6.07) is 5.54. The monoisotopic (exact) mass is 332 g/mol. The maximum absolute atomic E-state index is 13.4. The summed E-state index contributed by atoms with van der Waals surface area (Å²) in [4.78, 5) is 11.8. The second-order valence-corrected chi connectivity index (χ2v) is 4.62. The van der Waals surface area contributed by atoms with Gasteiger partial charge in [-0.3, -0.25) is 4.79 Å². The fourth-order valence-electron chi connectivity index (χ4n) is 1.64. The van der Waals surface area contributed by atoms with Crippen molar-refractivity contribution >= 4 is 23.5 Å². The first kappa shape index (κ1) is 16.2. The molecule has 0 N–H and O–H groups in total. The van der Waals surface area contributed by atoms with E-state index in [4.69, 9.17) is 11.6 Å². The van der Waals surface area contributed by atoms with Gasteiger partial charge in [0.2, 0.25) is 5.82 Å². The molecular weight excluding hydrogens is 327 g/mol. The van der Waals surface area contributed by atoms with Crippen LogP contribution in [0, 0.1) is 29.1 Å². The van der Waals surface area contributed by atoms with Crippen LogP contribution in [0.5, 0.6) is 0 Å². The van der Waals surface area contributed by atoms with Gasteiger partial charge < -0.3 is 0 Å². The van der Waals surface area contributed by atoms with Crippen LogP contribution in [0.4, 0.5) is 22.0 Å². The first-order valence-corrected chi connectivity index (χ1v) is 6.20. The van der Waals surface area contributed by atoms with Crippen LogP contribution in [0.1, 0.15) is 15.9 Å². The van der Waals surface area contributed by atoms with Gasteiger partial charge in [-0.1, -0.05) is 11.6 Å². The zero-order chi connectivity index (χ0) is 16.4. The van der Waals surface area contributed by atoms with Crippen molar-refractivity contribution in [3.63, 3.8) is 0 Å². The van der Waals surface area contributed by atoms with Crippen molar-refractivity contribution in [2.45, 2.75) is 0 Å². The van der Waals surface area contributed by atoms with Crippen LogP contribution >= 0.6 is 11.6 Å². The second kappa shape index (κ2) is 6.27. The SMILES string of the molecule is O=C(C=Cc1c(F)c(F)c(F)c(F)c1F)c1ccc(Cl)cc1. The summed E-state index contributed by atoms with van der Waals surface area (Å²) >= 11 is 5.63. The summed E-state index contributed by atoms with van der Waals surface area (Å²) in [5.74, 6) is -11.1. The molecule has 2 aromatic carbocycles. The van der Waals surface area contributed by atoms with Gasteiger partial charge in [0, 0.05) is 10.6 Å². The molecule has 0 aromatic heterocycles. The molecule has 0 unspecified atom stereocenters. The summed E-state index contributed by atoms with van der Waals surface area (Å²) < 4.78 is 65.7. The Morgan fingerprint density at radius 3 is 1.77 bits per heavy atom. The summed E-state index contributed by atoms with van der Waals surface area (Å²) in [7, 11) is 0. The van der Waals surface area contributed by atoms with E-state index in [1.54, 1.807) is 0 Å². The number of allylic oxidation sites excluding steroid dienone is 1. The summed E-state index contributed by atoms with van der Waals surface area (Å²) in [5.41, 5.74) is -1.04. The predicted octanol–water partition coefficient (Wildman–Crippen LogP) is 4.93. The highest BCUT2D eigenvalue weighted by molar-refractivity contribution is 6.30. The van der Waals surface area contributed by atoms with Gasteiger partial charge in [-0.2, -0.15) is 0 Å². The number of benzene rings is 2. The van der Waals surface area contributed by atoms with E-state index in [-0.39, 0.29) is 5.56 Å². The highest BCUT2D eigenvalue weighted by Crippen LogP contribution is 2.24. The molecule has 2 rings (SSSR count). The van der Waals surface area contributed by atoms with Crippen molar-refractivity contribution in [3.8, 4) is 0 Å². The average Bonchev–Trinajstić information content (AvgIpc) is 2.51. The van der Waals surface area contributed by atoms with E-state index < -0.39 is 40.4 Å². The smallest absolute Gasteiger partial charge is 0.200 e. The van der Waals surface area contributed by atoms with Crippen LogP contribution < -0.4 is 0 Å². The molecule has 0 amide bonds. The molecule has 2 aromatic rings. The maximum Gasteiger partial charge on any atom is 0.200 e. The fourth-order valence-corrected chi connectivity index (χ4v) is 1.76. The lowest BCUT2D eigenvalue weighted by Crippen LogP contribution is -2.04. The Morgan fingerprint density at radius 1 is 0.818 bits per heavy atom. The number of halogens is 6. The topological polar surface area (TPSA) is 17.1 Å². The molecule has 22 heavy (non-hydrogen) atoms. The first-order valence-electron chi connectivity index (χ1n) is 5.82. The van der Waals surface area contributed by atoms with Crippen molar-refractivity contribution in [2.75, 3.05) is 0 Å². The number of carbonyl (C=O) groups is 1. The lowest BCUT2D eigenvalue weighted by atomic mass is 10.1. The molecule has 1 nitrogen and oxygen atoms in total. The van der Waals surface area contributed by atoms with Crippen LogP contribution in [0.25, 0.3) is 6.08 Å². The number of rotatable bonds is 3. The number of carbonyl (C=O) groups excluding carboxylic acids is 1. The van der Waals surface area contributed by atoms with Gasteiger partial charge >= 0.3 is 0 Å². The fraction of sp³-hybridized carbons (Fsp3) is 0. The van der Waals surface area contributed by atoms with Gasteiger partial charge in [-0.05, 0) is 36.4 Å². The zero-order valence-corrected chi connectivity index (χ0v) is 11.4. The van der Waals surface area contributed by atoms with Gasteiger partial charge in [0.1, 0.15) is 0 Å². The molecule has 0 radical (unpaired) electrons. The van der Waals surface area contributed by atoms with Crippen LogP contribution in [0.2, 0.25) is 5.02 Å². The third kappa shape index (κ3) is 3.01. The minimum absolute atomic E-state index is 0.143. The molecule has 0 saturated carbocycles. The van der Waals surface area contributed by atoms with E-state index in [0.29, 0.717) is 17.2 Å². The van der Waals surface area contributed by atoms with E-state index in [1.165, 1.54) is 24.3 Å². The molecule has 0 heterocycles. The standard InChI is InChI=1S/C15H6ClF5O/c16-8-3-1-7(2-4-8)10(22)6-5-9-11(17)13(19)15(21)14(20)12(9)18/h1-6H. The molecule has 0 aliphatic carbocycles. The van der Waals surface area contributed by atoms with E-state index in [9.17, 15) is 26.7 Å². The van der Waals surface area contributed by atoms with E-state index in [1.807, 2.05) is 0 Å². The Morgan fingerprint density at radius 2 is 1.27 bits per heavy atom. The highest BCUT2D eigenvalue weighted by Gasteiger charge is 2.24. The highest BCUT2D eigenvalue weighted by atomic mass is 35.5. The van der Waals surface area contributed by atoms with Crippen molar-refractivity contribution in [1.29, 1.82) is 0 Å². The lowest BCUT2D eigenvalue weighted by molar-refractivity contribution is 0.104. The molecule has 0 aliphatic rings. The largest absolute Gasteiger partial charge is 0.289 e. The Kier molecular flexibility index (Phi) is 4.61. The molecule has 0 atom stereocenters. The van der Waals surface area contributed by atoms with Crippen molar-refractivity contribution in [3.05, 3.63) is 75.6 Å². The third-order valence-corrected chi connectivity index (χ3v) is 3.03. The molecular formula is C15H6ClF5O. The first-order chi connectivity index (χ1) is 10.3. The number of ketones is 1. The minimum atomic E-state index is -2.25. The molecule has 114 valence electrons. The van der Waals surface area contributed by atoms with Crippen molar-refractivity contribution in [2.24, 2.45) is 0 Å². The zero-order valence-electron chi connectivity index (χ0n) is 10.6. The van der Waals surface area contributed by atoms with Crippen LogP contribution in [-0.2, 0) is 0 Å². The number of hydrogen-bond acceptors (Lipinski definition) is 1. The van der Waals surface area contributed by atoms with Gasteiger partial charge in [0.05, 0.1) is 5.56 Å². The van der Waals surface area contributed by atoms with Gasteiger partial charge in [-0.15, -0.1) is 0 Å². The second-order valence-electron chi connectivity index (χ2n) is 4.19. The quantitative estimate of drug-likeness (QED) is 0.256. The van der Waals surface area contributed by atoms with Crippen molar-refractivity contribution in [1.82, 2.24) is 0 Å². The van der Waals surface area contributed by atoms with Crippen molar-refractivity contribution < 1.29 is 26.7 Å². The van der Waals surface area contributed by atoms with E-state index in [0.717, 1.165) is 0 Å². The molecule has 7 heteroatoms. The molecule has 0 spiro atoms. The van der Waals surface area contributed by atoms with Crippen LogP contribution in [0.3, 0.4) is 0 Å². The van der Waals surface area contributed by atoms with Gasteiger partial charge in [0.25, 0.3) is 0 Å². The molecule has 0 bridgehead atoms. The predicted molar refractivity (Wildman–Crippen MR) is 71.0 cm³/mol. The minimum Gasteiger partial charge on any atom is -0.289 e. The van der Waals surface area contributed by atoms with E-state index >= 15 is 0 Å². The average molecular weight is 333 g/mol. The van der Waals surface area contributed by atoms with E-state index in [2.05, 4.69) is 0 Å². The Bertz CT molecular complexity index is 739. The summed E-state index contributed by atoms with van der Waals surface area (Å²) in [6.45, 7) is 0. The number of hydrogen-bond donors (Lipinski definition) is 0. The molecule has 0 aliphatic heterocycles. The Hall–Kier alpha value is -2.21. The summed E-state index contributed by atoms with van der Waals surface area (Å²) in [5, 5.41) is 0.375. The molecule has 0 fully saturated rings.